The average molecular weight is 312 g/mol. The first-order chi connectivity index (χ1) is 8.36. The second-order valence-electron chi connectivity index (χ2n) is 3.82. The Hall–Kier alpha value is -0.330. The van der Waals surface area contributed by atoms with Gasteiger partial charge in [-0.2, -0.15) is 0 Å². The van der Waals surface area contributed by atoms with Crippen LogP contribution in [0.15, 0.2) is 17.0 Å². The molecule has 0 aliphatic heterocycles. The Kier molecular flexibility index (Phi) is 5.43. The van der Waals surface area contributed by atoms with Gasteiger partial charge in [-0.1, -0.05) is 30.1 Å². The average Bonchev–Trinajstić information content (AvgIpc) is 2.29. The maximum absolute atomic E-state index is 12.2. The van der Waals surface area contributed by atoms with Gasteiger partial charge in [0, 0.05) is 24.2 Å². The largest absolute Gasteiger partial charge is 0.392 e. The van der Waals surface area contributed by atoms with Crippen LogP contribution < -0.4 is 0 Å². The Bertz CT molecular complexity index is 531. The van der Waals surface area contributed by atoms with Crippen molar-refractivity contribution in [1.82, 2.24) is 4.31 Å². The van der Waals surface area contributed by atoms with Crippen LogP contribution in [-0.4, -0.2) is 31.4 Å². The minimum Gasteiger partial charge on any atom is -0.392 e. The van der Waals surface area contributed by atoms with E-state index in [1.54, 1.807) is 0 Å². The van der Waals surface area contributed by atoms with E-state index in [4.69, 9.17) is 28.3 Å². The van der Waals surface area contributed by atoms with Gasteiger partial charge in [0.1, 0.15) is 4.90 Å². The van der Waals surface area contributed by atoms with E-state index < -0.39 is 16.6 Å². The lowest BCUT2D eigenvalue weighted by Gasteiger charge is -2.18. The molecule has 18 heavy (non-hydrogen) atoms. The minimum atomic E-state index is -3.65. The monoisotopic (exact) mass is 311 g/mol. The molecule has 0 unspecified atom stereocenters. The van der Waals surface area contributed by atoms with Crippen LogP contribution in [-0.2, 0) is 16.6 Å². The molecule has 0 heterocycles. The van der Waals surface area contributed by atoms with Crippen LogP contribution in [0.3, 0.4) is 0 Å². The number of aliphatic hydroxyl groups is 1. The van der Waals surface area contributed by atoms with Crippen molar-refractivity contribution in [3.63, 3.8) is 0 Å². The molecule has 7 heteroatoms. The maximum Gasteiger partial charge on any atom is 0.244 e. The lowest BCUT2D eigenvalue weighted by molar-refractivity contribution is 0.281. The SMILES string of the molecule is CCCN(C)S(=O)(=O)c1ccc(Cl)c(CO)c1Cl. The normalized spacial score (nSPS) is 12.1. The van der Waals surface area contributed by atoms with Crippen LogP contribution in [0.4, 0.5) is 0 Å². The number of rotatable bonds is 5. The standard InChI is InChI=1S/C11H15Cl2NO3S/c1-3-6-14(2)18(16,17)10-5-4-9(12)8(7-15)11(10)13/h4-5,15H,3,6-7H2,1-2H3. The summed E-state index contributed by atoms with van der Waals surface area (Å²) in [6.07, 6.45) is 0.702. The van der Waals surface area contributed by atoms with Gasteiger partial charge in [-0.3, -0.25) is 0 Å². The maximum atomic E-state index is 12.2. The molecule has 0 amide bonds. The highest BCUT2D eigenvalue weighted by atomic mass is 35.5. The Morgan fingerprint density at radius 1 is 1.33 bits per heavy atom. The highest BCUT2D eigenvalue weighted by molar-refractivity contribution is 7.89. The fourth-order valence-electron chi connectivity index (χ4n) is 1.52. The van der Waals surface area contributed by atoms with Crippen molar-refractivity contribution >= 4 is 33.2 Å². The van der Waals surface area contributed by atoms with E-state index in [0.717, 1.165) is 0 Å². The van der Waals surface area contributed by atoms with Crippen molar-refractivity contribution in [1.29, 1.82) is 0 Å². The molecule has 0 saturated heterocycles. The topological polar surface area (TPSA) is 57.6 Å². The molecule has 1 aromatic carbocycles. The Balaban J connectivity index is 3.34. The first-order valence-electron chi connectivity index (χ1n) is 5.40. The molecule has 0 aliphatic rings. The number of nitrogens with zero attached hydrogens (tertiary/aromatic N) is 1. The summed E-state index contributed by atoms with van der Waals surface area (Å²) in [5, 5.41) is 9.38. The molecule has 102 valence electrons. The van der Waals surface area contributed by atoms with E-state index in [1.165, 1.54) is 23.5 Å². The van der Waals surface area contributed by atoms with Gasteiger partial charge < -0.3 is 5.11 Å². The zero-order valence-corrected chi connectivity index (χ0v) is 12.5. The molecule has 0 atom stereocenters. The van der Waals surface area contributed by atoms with Crippen molar-refractivity contribution in [2.45, 2.75) is 24.8 Å². The Morgan fingerprint density at radius 2 is 1.94 bits per heavy atom. The van der Waals surface area contributed by atoms with E-state index in [2.05, 4.69) is 0 Å². The molecule has 1 aromatic rings. The number of aliphatic hydroxyl groups excluding tert-OH is 1. The number of sulfonamides is 1. The van der Waals surface area contributed by atoms with Crippen molar-refractivity contribution in [2.24, 2.45) is 0 Å². The van der Waals surface area contributed by atoms with Gasteiger partial charge in [0.25, 0.3) is 0 Å². The molecule has 0 aromatic heterocycles. The third kappa shape index (κ3) is 2.97. The molecule has 0 bridgehead atoms. The second kappa shape index (κ2) is 6.21. The van der Waals surface area contributed by atoms with E-state index in [1.807, 2.05) is 6.92 Å². The van der Waals surface area contributed by atoms with Crippen LogP contribution >= 0.6 is 23.2 Å². The van der Waals surface area contributed by atoms with Crippen molar-refractivity contribution < 1.29 is 13.5 Å². The molecule has 4 nitrogen and oxygen atoms in total. The van der Waals surface area contributed by atoms with Crippen LogP contribution in [0, 0.1) is 0 Å². The van der Waals surface area contributed by atoms with Gasteiger partial charge in [0.15, 0.2) is 0 Å². The summed E-state index contributed by atoms with van der Waals surface area (Å²) in [6, 6.07) is 2.77. The van der Waals surface area contributed by atoms with Crippen molar-refractivity contribution in [3.05, 3.63) is 27.7 Å². The Labute approximate surface area is 117 Å². The van der Waals surface area contributed by atoms with Crippen molar-refractivity contribution in [2.75, 3.05) is 13.6 Å². The molecule has 1 rings (SSSR count). The van der Waals surface area contributed by atoms with E-state index in [-0.39, 0.29) is 20.5 Å². The van der Waals surface area contributed by atoms with Crippen LogP contribution in [0.25, 0.3) is 0 Å². The van der Waals surface area contributed by atoms with Gasteiger partial charge in [-0.15, -0.1) is 0 Å². The summed E-state index contributed by atoms with van der Waals surface area (Å²) < 4.78 is 25.7. The summed E-state index contributed by atoms with van der Waals surface area (Å²) in [5.41, 5.74) is 0.226. The fourth-order valence-corrected chi connectivity index (χ4v) is 3.65. The van der Waals surface area contributed by atoms with E-state index >= 15 is 0 Å². The van der Waals surface area contributed by atoms with Gasteiger partial charge in [0.05, 0.1) is 11.6 Å². The summed E-state index contributed by atoms with van der Waals surface area (Å²) in [5.74, 6) is 0. The van der Waals surface area contributed by atoms with Crippen LogP contribution in [0.1, 0.15) is 18.9 Å². The molecule has 0 aliphatic carbocycles. The molecular formula is C11H15Cl2NO3S. The highest BCUT2D eigenvalue weighted by Gasteiger charge is 2.25. The van der Waals surface area contributed by atoms with Gasteiger partial charge in [-0.25, -0.2) is 12.7 Å². The van der Waals surface area contributed by atoms with Crippen LogP contribution in [0.5, 0.6) is 0 Å². The summed E-state index contributed by atoms with van der Waals surface area (Å²) in [7, 11) is -2.16. The zero-order chi connectivity index (χ0) is 13.9. The Morgan fingerprint density at radius 3 is 2.44 bits per heavy atom. The van der Waals surface area contributed by atoms with Gasteiger partial charge in [0.2, 0.25) is 10.0 Å². The number of hydrogen-bond donors (Lipinski definition) is 1. The summed E-state index contributed by atoms with van der Waals surface area (Å²) in [4.78, 5) is -0.0337. The van der Waals surface area contributed by atoms with Crippen molar-refractivity contribution in [3.8, 4) is 0 Å². The minimum absolute atomic E-state index is 0.0204. The first kappa shape index (κ1) is 15.7. The quantitative estimate of drug-likeness (QED) is 0.909. The lowest BCUT2D eigenvalue weighted by Crippen LogP contribution is -2.28. The third-order valence-corrected chi connectivity index (χ3v) is 5.33. The summed E-state index contributed by atoms with van der Waals surface area (Å²) >= 11 is 11.8. The lowest BCUT2D eigenvalue weighted by atomic mass is 10.2. The molecule has 1 N–H and O–H groups in total. The number of hydrogen-bond acceptors (Lipinski definition) is 3. The predicted octanol–water partition coefficient (Wildman–Crippen LogP) is 2.52. The molecule has 0 saturated carbocycles. The molecule has 0 spiro atoms. The van der Waals surface area contributed by atoms with Crippen LogP contribution in [0.2, 0.25) is 10.0 Å². The molecule has 0 fully saturated rings. The third-order valence-electron chi connectivity index (χ3n) is 2.54. The molecule has 0 radical (unpaired) electrons. The van der Waals surface area contributed by atoms with Gasteiger partial charge in [-0.05, 0) is 18.6 Å². The van der Waals surface area contributed by atoms with E-state index in [0.29, 0.717) is 13.0 Å². The molecular weight excluding hydrogens is 297 g/mol. The first-order valence-corrected chi connectivity index (χ1v) is 7.60. The predicted molar refractivity (Wildman–Crippen MR) is 72.5 cm³/mol. The smallest absolute Gasteiger partial charge is 0.244 e. The highest BCUT2D eigenvalue weighted by Crippen LogP contribution is 2.32. The zero-order valence-electron chi connectivity index (χ0n) is 10.2. The number of benzene rings is 1. The fraction of sp³-hybridized carbons (Fsp3) is 0.455. The number of halogens is 2. The summed E-state index contributed by atoms with van der Waals surface area (Å²) in [6.45, 7) is 1.88. The van der Waals surface area contributed by atoms with Gasteiger partial charge >= 0.3 is 0 Å². The second-order valence-corrected chi connectivity index (χ2v) is 6.62. The van der Waals surface area contributed by atoms with E-state index in [9.17, 15) is 8.42 Å².